The van der Waals surface area contributed by atoms with Gasteiger partial charge in [-0.05, 0) is 12.8 Å². The SMILES string of the molecule is Cc1nnc(CO)n1CC(C)C. The number of hydrogen-bond donors (Lipinski definition) is 1. The van der Waals surface area contributed by atoms with Crippen molar-refractivity contribution in [3.8, 4) is 0 Å². The Labute approximate surface area is 72.2 Å². The second kappa shape index (κ2) is 3.67. The molecule has 1 heterocycles. The molecular formula is C8H15N3O. The minimum Gasteiger partial charge on any atom is -0.388 e. The van der Waals surface area contributed by atoms with Crippen LogP contribution in [0.3, 0.4) is 0 Å². The van der Waals surface area contributed by atoms with Gasteiger partial charge in [-0.2, -0.15) is 0 Å². The minimum absolute atomic E-state index is 0.0342. The summed E-state index contributed by atoms with van der Waals surface area (Å²) in [6.45, 7) is 6.98. The van der Waals surface area contributed by atoms with Gasteiger partial charge in [-0.1, -0.05) is 13.8 Å². The van der Waals surface area contributed by atoms with Gasteiger partial charge in [0.05, 0.1) is 0 Å². The Balaban J connectivity index is 2.86. The zero-order valence-corrected chi connectivity index (χ0v) is 7.78. The first-order chi connectivity index (χ1) is 5.65. The zero-order chi connectivity index (χ0) is 9.14. The van der Waals surface area contributed by atoms with Crippen LogP contribution in [0, 0.1) is 12.8 Å². The van der Waals surface area contributed by atoms with Crippen molar-refractivity contribution in [2.75, 3.05) is 0 Å². The molecule has 0 amide bonds. The first-order valence-electron chi connectivity index (χ1n) is 4.14. The standard InChI is InChI=1S/C8H15N3O/c1-6(2)4-11-7(3)9-10-8(11)5-12/h6,12H,4-5H2,1-3H3. The quantitative estimate of drug-likeness (QED) is 0.726. The maximum Gasteiger partial charge on any atom is 0.158 e. The van der Waals surface area contributed by atoms with Crippen LogP contribution in [0.1, 0.15) is 25.5 Å². The molecule has 0 bridgehead atoms. The molecule has 68 valence electrons. The molecule has 0 aliphatic heterocycles. The number of aliphatic hydroxyl groups excluding tert-OH is 1. The van der Waals surface area contributed by atoms with Crippen LogP contribution in [0.15, 0.2) is 0 Å². The molecule has 1 rings (SSSR count). The average molecular weight is 169 g/mol. The monoisotopic (exact) mass is 169 g/mol. The fourth-order valence-electron chi connectivity index (χ4n) is 1.14. The highest BCUT2D eigenvalue weighted by Crippen LogP contribution is 2.05. The van der Waals surface area contributed by atoms with Crippen molar-refractivity contribution >= 4 is 0 Å². The number of aromatic nitrogens is 3. The van der Waals surface area contributed by atoms with E-state index in [0.717, 1.165) is 12.4 Å². The first-order valence-corrected chi connectivity index (χ1v) is 4.14. The predicted molar refractivity (Wildman–Crippen MR) is 45.5 cm³/mol. The van der Waals surface area contributed by atoms with E-state index in [1.807, 2.05) is 11.5 Å². The maximum absolute atomic E-state index is 8.92. The first kappa shape index (κ1) is 9.19. The third-order valence-corrected chi connectivity index (χ3v) is 1.70. The highest BCUT2D eigenvalue weighted by atomic mass is 16.3. The van der Waals surface area contributed by atoms with E-state index < -0.39 is 0 Å². The molecule has 1 aromatic heterocycles. The summed E-state index contributed by atoms with van der Waals surface area (Å²) in [6, 6.07) is 0. The minimum atomic E-state index is -0.0342. The van der Waals surface area contributed by atoms with Crippen molar-refractivity contribution in [3.63, 3.8) is 0 Å². The number of aliphatic hydroxyl groups is 1. The molecule has 0 radical (unpaired) electrons. The van der Waals surface area contributed by atoms with Gasteiger partial charge in [0.15, 0.2) is 5.82 Å². The Kier molecular flexibility index (Phi) is 2.81. The molecular weight excluding hydrogens is 154 g/mol. The van der Waals surface area contributed by atoms with Crippen LogP contribution < -0.4 is 0 Å². The molecule has 1 aromatic rings. The van der Waals surface area contributed by atoms with Crippen LogP contribution >= 0.6 is 0 Å². The summed E-state index contributed by atoms with van der Waals surface area (Å²) in [7, 11) is 0. The summed E-state index contributed by atoms with van der Waals surface area (Å²) >= 11 is 0. The highest BCUT2D eigenvalue weighted by molar-refractivity contribution is 4.92. The van der Waals surface area contributed by atoms with E-state index >= 15 is 0 Å². The molecule has 0 unspecified atom stereocenters. The Bertz CT molecular complexity index is 255. The summed E-state index contributed by atoms with van der Waals surface area (Å²) in [5.74, 6) is 2.07. The molecule has 0 aliphatic rings. The molecule has 0 atom stereocenters. The average Bonchev–Trinajstić information content (AvgIpc) is 2.32. The van der Waals surface area contributed by atoms with Crippen LogP contribution in [0.5, 0.6) is 0 Å². The molecule has 0 saturated carbocycles. The molecule has 12 heavy (non-hydrogen) atoms. The van der Waals surface area contributed by atoms with Gasteiger partial charge in [-0.3, -0.25) is 0 Å². The van der Waals surface area contributed by atoms with Crippen molar-refractivity contribution in [1.82, 2.24) is 14.8 Å². The van der Waals surface area contributed by atoms with E-state index in [1.165, 1.54) is 0 Å². The number of hydrogen-bond acceptors (Lipinski definition) is 3. The summed E-state index contributed by atoms with van der Waals surface area (Å²) < 4.78 is 1.95. The van der Waals surface area contributed by atoms with E-state index in [0.29, 0.717) is 11.7 Å². The van der Waals surface area contributed by atoms with E-state index in [-0.39, 0.29) is 6.61 Å². The lowest BCUT2D eigenvalue weighted by Crippen LogP contribution is -2.10. The second-order valence-corrected chi connectivity index (χ2v) is 3.33. The third-order valence-electron chi connectivity index (χ3n) is 1.70. The summed E-state index contributed by atoms with van der Waals surface area (Å²) in [4.78, 5) is 0. The fraction of sp³-hybridized carbons (Fsp3) is 0.750. The van der Waals surface area contributed by atoms with Gasteiger partial charge in [-0.15, -0.1) is 10.2 Å². The fourth-order valence-corrected chi connectivity index (χ4v) is 1.14. The maximum atomic E-state index is 8.92. The lowest BCUT2D eigenvalue weighted by Gasteiger charge is -2.09. The second-order valence-electron chi connectivity index (χ2n) is 3.33. The molecule has 4 heteroatoms. The largest absolute Gasteiger partial charge is 0.388 e. The van der Waals surface area contributed by atoms with Crippen LogP contribution in [-0.4, -0.2) is 19.9 Å². The smallest absolute Gasteiger partial charge is 0.158 e. The van der Waals surface area contributed by atoms with Crippen molar-refractivity contribution in [2.24, 2.45) is 5.92 Å². The van der Waals surface area contributed by atoms with Crippen molar-refractivity contribution in [3.05, 3.63) is 11.6 Å². The molecule has 1 N–H and O–H groups in total. The van der Waals surface area contributed by atoms with Gasteiger partial charge in [-0.25, -0.2) is 0 Å². The van der Waals surface area contributed by atoms with E-state index in [9.17, 15) is 0 Å². The molecule has 0 saturated heterocycles. The number of rotatable bonds is 3. The van der Waals surface area contributed by atoms with Crippen LogP contribution in [0.2, 0.25) is 0 Å². The Morgan fingerprint density at radius 1 is 1.42 bits per heavy atom. The molecule has 4 nitrogen and oxygen atoms in total. The molecule has 0 aromatic carbocycles. The highest BCUT2D eigenvalue weighted by Gasteiger charge is 2.07. The van der Waals surface area contributed by atoms with Crippen LogP contribution in [0.25, 0.3) is 0 Å². The predicted octanol–water partition coefficient (Wildman–Crippen LogP) is 0.735. The topological polar surface area (TPSA) is 50.9 Å². The van der Waals surface area contributed by atoms with Crippen LogP contribution in [0.4, 0.5) is 0 Å². The van der Waals surface area contributed by atoms with Gasteiger partial charge in [0.1, 0.15) is 12.4 Å². The normalized spacial score (nSPS) is 11.1. The molecule has 0 aliphatic carbocycles. The third kappa shape index (κ3) is 1.82. The lowest BCUT2D eigenvalue weighted by atomic mass is 10.2. The van der Waals surface area contributed by atoms with Crippen molar-refractivity contribution < 1.29 is 5.11 Å². The van der Waals surface area contributed by atoms with Gasteiger partial charge in [0, 0.05) is 6.54 Å². The van der Waals surface area contributed by atoms with Crippen LogP contribution in [-0.2, 0) is 13.2 Å². The van der Waals surface area contributed by atoms with E-state index in [4.69, 9.17) is 5.11 Å². The summed E-state index contributed by atoms with van der Waals surface area (Å²) in [5.41, 5.74) is 0. The van der Waals surface area contributed by atoms with E-state index in [2.05, 4.69) is 24.0 Å². The van der Waals surface area contributed by atoms with Gasteiger partial charge >= 0.3 is 0 Å². The number of aryl methyl sites for hydroxylation is 1. The number of nitrogens with zero attached hydrogens (tertiary/aromatic N) is 3. The Hall–Kier alpha value is -0.900. The summed E-state index contributed by atoms with van der Waals surface area (Å²) in [5, 5.41) is 16.7. The molecule has 0 fully saturated rings. The molecule has 0 spiro atoms. The van der Waals surface area contributed by atoms with Gasteiger partial charge in [0.2, 0.25) is 0 Å². The van der Waals surface area contributed by atoms with E-state index in [1.54, 1.807) is 0 Å². The Morgan fingerprint density at radius 3 is 2.58 bits per heavy atom. The Morgan fingerprint density at radius 2 is 2.08 bits per heavy atom. The van der Waals surface area contributed by atoms with Crippen molar-refractivity contribution in [2.45, 2.75) is 33.9 Å². The van der Waals surface area contributed by atoms with Gasteiger partial charge < -0.3 is 9.67 Å². The van der Waals surface area contributed by atoms with Crippen molar-refractivity contribution in [1.29, 1.82) is 0 Å². The lowest BCUT2D eigenvalue weighted by molar-refractivity contribution is 0.262. The van der Waals surface area contributed by atoms with Gasteiger partial charge in [0.25, 0.3) is 0 Å². The summed E-state index contributed by atoms with van der Waals surface area (Å²) in [6.07, 6.45) is 0. The zero-order valence-electron chi connectivity index (χ0n) is 7.78.